The van der Waals surface area contributed by atoms with Crippen LogP contribution in [0.3, 0.4) is 0 Å². The lowest BCUT2D eigenvalue weighted by Gasteiger charge is -2.12. The van der Waals surface area contributed by atoms with Crippen LogP contribution in [0, 0.1) is 19.8 Å². The summed E-state index contributed by atoms with van der Waals surface area (Å²) in [4.78, 5) is 12.0. The van der Waals surface area contributed by atoms with Crippen LogP contribution in [0.2, 0.25) is 0 Å². The zero-order valence-corrected chi connectivity index (χ0v) is 10.9. The molecule has 18 heavy (non-hydrogen) atoms. The predicted octanol–water partition coefficient (Wildman–Crippen LogP) is 2.08. The zero-order chi connectivity index (χ0) is 13.1. The van der Waals surface area contributed by atoms with Gasteiger partial charge in [-0.3, -0.25) is 0 Å². The fourth-order valence-corrected chi connectivity index (χ4v) is 2.07. The summed E-state index contributed by atoms with van der Waals surface area (Å²) in [6, 6.07) is 3.60. The molecule has 0 saturated carbocycles. The highest BCUT2D eigenvalue weighted by molar-refractivity contribution is 5.92. The lowest BCUT2D eigenvalue weighted by molar-refractivity contribution is 0.0427. The van der Waals surface area contributed by atoms with Gasteiger partial charge in [0.2, 0.25) is 0 Å². The van der Waals surface area contributed by atoms with E-state index < -0.39 is 0 Å². The number of carbonyl (C=O) groups excluding carboxylic acids is 1. The minimum atomic E-state index is -0.300. The van der Waals surface area contributed by atoms with Gasteiger partial charge in [0.05, 0.1) is 18.8 Å². The number of esters is 1. The highest BCUT2D eigenvalue weighted by Crippen LogP contribution is 2.19. The van der Waals surface area contributed by atoms with Crippen molar-refractivity contribution in [3.8, 4) is 0 Å². The van der Waals surface area contributed by atoms with Gasteiger partial charge in [-0.1, -0.05) is 6.07 Å². The fourth-order valence-electron chi connectivity index (χ4n) is 2.07. The molecule has 1 unspecified atom stereocenters. The number of hydrogen-bond acceptors (Lipinski definition) is 4. The second-order valence-electron chi connectivity index (χ2n) is 4.85. The molecular formula is C14H19NO3. The van der Waals surface area contributed by atoms with Crippen LogP contribution in [0.15, 0.2) is 12.1 Å². The first-order valence-electron chi connectivity index (χ1n) is 6.19. The molecule has 0 bridgehead atoms. The van der Waals surface area contributed by atoms with Gasteiger partial charge in [0.25, 0.3) is 0 Å². The largest absolute Gasteiger partial charge is 0.462 e. The van der Waals surface area contributed by atoms with Crippen LogP contribution in [0.1, 0.15) is 27.9 Å². The second kappa shape index (κ2) is 5.40. The smallest absolute Gasteiger partial charge is 0.338 e. The standard InChI is InChI=1S/C14H19NO3/c1-9-5-10(2)13(15)6-12(9)14(16)18-8-11-3-4-17-7-11/h5-6,11H,3-4,7-8,15H2,1-2H3. The topological polar surface area (TPSA) is 61.5 Å². The number of ether oxygens (including phenoxy) is 2. The number of nitrogens with two attached hydrogens (primary N) is 1. The molecule has 4 heteroatoms. The molecule has 2 rings (SSSR count). The second-order valence-corrected chi connectivity index (χ2v) is 4.85. The summed E-state index contributed by atoms with van der Waals surface area (Å²) in [5.41, 5.74) is 8.87. The lowest BCUT2D eigenvalue weighted by Crippen LogP contribution is -2.15. The maximum absolute atomic E-state index is 12.0. The molecule has 1 aromatic rings. The summed E-state index contributed by atoms with van der Waals surface area (Å²) in [6.07, 6.45) is 0.961. The number of nitrogen functional groups attached to an aromatic ring is 1. The molecule has 0 radical (unpaired) electrons. The first-order valence-corrected chi connectivity index (χ1v) is 6.19. The van der Waals surface area contributed by atoms with E-state index in [0.29, 0.717) is 30.4 Å². The molecule has 0 amide bonds. The maximum atomic E-state index is 12.0. The molecule has 1 heterocycles. The number of hydrogen-bond donors (Lipinski definition) is 1. The fraction of sp³-hybridized carbons (Fsp3) is 0.500. The Hall–Kier alpha value is -1.55. The average molecular weight is 249 g/mol. The Morgan fingerprint density at radius 3 is 2.89 bits per heavy atom. The zero-order valence-electron chi connectivity index (χ0n) is 10.9. The lowest BCUT2D eigenvalue weighted by atomic mass is 10.0. The van der Waals surface area contributed by atoms with Crippen molar-refractivity contribution in [2.45, 2.75) is 20.3 Å². The first-order chi connectivity index (χ1) is 8.58. The van der Waals surface area contributed by atoms with Crippen LogP contribution in [0.25, 0.3) is 0 Å². The summed E-state index contributed by atoms with van der Waals surface area (Å²) in [5.74, 6) is 0.0307. The molecule has 1 aliphatic heterocycles. The minimum Gasteiger partial charge on any atom is -0.462 e. The van der Waals surface area contributed by atoms with E-state index in [9.17, 15) is 4.79 Å². The van der Waals surface area contributed by atoms with E-state index in [1.165, 1.54) is 0 Å². The molecule has 1 saturated heterocycles. The number of benzene rings is 1. The molecule has 2 N–H and O–H groups in total. The molecule has 1 aromatic carbocycles. The van der Waals surface area contributed by atoms with Crippen LogP contribution in [0.5, 0.6) is 0 Å². The monoisotopic (exact) mass is 249 g/mol. The molecule has 1 fully saturated rings. The van der Waals surface area contributed by atoms with Crippen LogP contribution < -0.4 is 5.73 Å². The van der Waals surface area contributed by atoms with Gasteiger partial charge in [-0.05, 0) is 37.5 Å². The minimum absolute atomic E-state index is 0.300. The summed E-state index contributed by atoms with van der Waals surface area (Å²) in [7, 11) is 0. The van der Waals surface area contributed by atoms with Gasteiger partial charge in [-0.2, -0.15) is 0 Å². The quantitative estimate of drug-likeness (QED) is 0.658. The normalized spacial score (nSPS) is 18.9. The van der Waals surface area contributed by atoms with E-state index in [2.05, 4.69) is 0 Å². The van der Waals surface area contributed by atoms with Crippen molar-refractivity contribution in [2.24, 2.45) is 5.92 Å². The van der Waals surface area contributed by atoms with Crippen molar-refractivity contribution in [2.75, 3.05) is 25.6 Å². The van der Waals surface area contributed by atoms with E-state index in [1.54, 1.807) is 6.07 Å². The van der Waals surface area contributed by atoms with Crippen LogP contribution in [-0.4, -0.2) is 25.8 Å². The van der Waals surface area contributed by atoms with Gasteiger partial charge in [-0.25, -0.2) is 4.79 Å². The van der Waals surface area contributed by atoms with Gasteiger partial charge in [0, 0.05) is 18.2 Å². The number of carbonyl (C=O) groups is 1. The highest BCUT2D eigenvalue weighted by atomic mass is 16.5. The molecule has 0 aliphatic carbocycles. The Morgan fingerprint density at radius 2 is 2.22 bits per heavy atom. The molecule has 0 spiro atoms. The summed E-state index contributed by atoms with van der Waals surface area (Å²) < 4.78 is 10.6. The molecule has 98 valence electrons. The van der Waals surface area contributed by atoms with Crippen molar-refractivity contribution in [1.82, 2.24) is 0 Å². The highest BCUT2D eigenvalue weighted by Gasteiger charge is 2.19. The third-order valence-corrected chi connectivity index (χ3v) is 3.31. The van der Waals surface area contributed by atoms with E-state index >= 15 is 0 Å². The van der Waals surface area contributed by atoms with E-state index in [4.69, 9.17) is 15.2 Å². The van der Waals surface area contributed by atoms with Gasteiger partial charge in [-0.15, -0.1) is 0 Å². The maximum Gasteiger partial charge on any atom is 0.338 e. The van der Waals surface area contributed by atoms with E-state index in [0.717, 1.165) is 24.2 Å². The van der Waals surface area contributed by atoms with Gasteiger partial charge >= 0.3 is 5.97 Å². The third-order valence-electron chi connectivity index (χ3n) is 3.31. The van der Waals surface area contributed by atoms with Crippen molar-refractivity contribution in [3.05, 3.63) is 28.8 Å². The van der Waals surface area contributed by atoms with Crippen molar-refractivity contribution >= 4 is 11.7 Å². The van der Waals surface area contributed by atoms with Crippen LogP contribution in [-0.2, 0) is 9.47 Å². The SMILES string of the molecule is Cc1cc(C)c(C(=O)OCC2CCOC2)cc1N. The Kier molecular flexibility index (Phi) is 3.87. The average Bonchev–Trinajstić information content (AvgIpc) is 2.84. The predicted molar refractivity (Wildman–Crippen MR) is 69.5 cm³/mol. The Morgan fingerprint density at radius 1 is 1.44 bits per heavy atom. The van der Waals surface area contributed by atoms with Crippen molar-refractivity contribution in [3.63, 3.8) is 0 Å². The number of rotatable bonds is 3. The Labute approximate surface area is 107 Å². The van der Waals surface area contributed by atoms with Crippen molar-refractivity contribution < 1.29 is 14.3 Å². The molecular weight excluding hydrogens is 230 g/mol. The van der Waals surface area contributed by atoms with Gasteiger partial charge < -0.3 is 15.2 Å². The van der Waals surface area contributed by atoms with Crippen LogP contribution in [0.4, 0.5) is 5.69 Å². The summed E-state index contributed by atoms with van der Waals surface area (Å²) in [6.45, 7) is 5.68. The molecule has 1 aliphatic rings. The summed E-state index contributed by atoms with van der Waals surface area (Å²) >= 11 is 0. The Bertz CT molecular complexity index is 451. The van der Waals surface area contributed by atoms with Gasteiger partial charge in [0.15, 0.2) is 0 Å². The first kappa shape index (κ1) is 12.9. The third kappa shape index (κ3) is 2.82. The molecule has 4 nitrogen and oxygen atoms in total. The summed E-state index contributed by atoms with van der Waals surface area (Å²) in [5, 5.41) is 0. The van der Waals surface area contributed by atoms with Gasteiger partial charge in [0.1, 0.15) is 0 Å². The Balaban J connectivity index is 2.01. The molecule has 1 atom stereocenters. The molecule has 0 aromatic heterocycles. The van der Waals surface area contributed by atoms with Crippen LogP contribution >= 0.6 is 0 Å². The number of aryl methyl sites for hydroxylation is 2. The van der Waals surface area contributed by atoms with Crippen molar-refractivity contribution in [1.29, 1.82) is 0 Å². The number of anilines is 1. The van der Waals surface area contributed by atoms with E-state index in [1.807, 2.05) is 19.9 Å². The van der Waals surface area contributed by atoms with E-state index in [-0.39, 0.29) is 5.97 Å².